The molecule has 1 saturated heterocycles. The monoisotopic (exact) mass is 125 g/mol. The van der Waals surface area contributed by atoms with E-state index in [4.69, 9.17) is 0 Å². The zero-order valence-corrected chi connectivity index (χ0v) is 5.59. The Balaban J connectivity index is 2.15. The quantitative estimate of drug-likeness (QED) is 0.479. The molecule has 0 bridgehead atoms. The molecule has 1 unspecified atom stereocenters. The molecule has 2 heterocycles. The zero-order valence-electron chi connectivity index (χ0n) is 5.59. The standard InChI is InChI=1S/C6H11N3/c1-5-4-9-3-2-7-6(9)8-5/h5H,2-4H2,1H3,(H,7,8). The van der Waals surface area contributed by atoms with Crippen LogP contribution in [0.3, 0.4) is 0 Å². The molecule has 2 aliphatic heterocycles. The minimum atomic E-state index is 0.601. The van der Waals surface area contributed by atoms with Gasteiger partial charge in [0.05, 0.1) is 6.54 Å². The van der Waals surface area contributed by atoms with E-state index >= 15 is 0 Å². The van der Waals surface area contributed by atoms with Crippen molar-refractivity contribution in [2.24, 2.45) is 4.99 Å². The van der Waals surface area contributed by atoms with E-state index in [0.29, 0.717) is 6.04 Å². The molecule has 2 aliphatic rings. The van der Waals surface area contributed by atoms with E-state index in [1.807, 2.05) is 0 Å². The molecule has 0 aromatic heterocycles. The minimum absolute atomic E-state index is 0.601. The molecule has 0 aliphatic carbocycles. The van der Waals surface area contributed by atoms with Gasteiger partial charge < -0.3 is 10.2 Å². The van der Waals surface area contributed by atoms with E-state index in [2.05, 4.69) is 22.1 Å². The molecule has 0 spiro atoms. The molecule has 1 fully saturated rings. The van der Waals surface area contributed by atoms with E-state index in [1.165, 1.54) is 0 Å². The maximum Gasteiger partial charge on any atom is 0.194 e. The maximum atomic E-state index is 4.28. The van der Waals surface area contributed by atoms with Crippen LogP contribution in [0.15, 0.2) is 4.99 Å². The molecule has 0 amide bonds. The van der Waals surface area contributed by atoms with Crippen molar-refractivity contribution >= 4 is 5.96 Å². The third-order valence-corrected chi connectivity index (χ3v) is 1.80. The van der Waals surface area contributed by atoms with E-state index in [1.54, 1.807) is 0 Å². The molecule has 3 heteroatoms. The molecule has 0 aromatic carbocycles. The summed E-state index contributed by atoms with van der Waals surface area (Å²) in [5.41, 5.74) is 0. The molecule has 0 aromatic rings. The Bertz CT molecular complexity index is 152. The maximum absolute atomic E-state index is 4.28. The normalized spacial score (nSPS) is 31.9. The predicted octanol–water partition coefficient (Wildman–Crippen LogP) is -0.350. The number of hydrogen-bond acceptors (Lipinski definition) is 3. The van der Waals surface area contributed by atoms with Crippen LogP contribution in [-0.4, -0.2) is 36.5 Å². The fraction of sp³-hybridized carbons (Fsp3) is 0.833. The summed E-state index contributed by atoms with van der Waals surface area (Å²) in [5, 5.41) is 3.29. The summed E-state index contributed by atoms with van der Waals surface area (Å²) in [5.74, 6) is 1.11. The molecule has 1 atom stereocenters. The van der Waals surface area contributed by atoms with E-state index in [-0.39, 0.29) is 0 Å². The molecule has 0 saturated carbocycles. The summed E-state index contributed by atoms with van der Waals surface area (Å²) in [7, 11) is 0. The van der Waals surface area contributed by atoms with Crippen molar-refractivity contribution in [3.8, 4) is 0 Å². The molecular formula is C6H11N3. The fourth-order valence-electron chi connectivity index (χ4n) is 1.39. The van der Waals surface area contributed by atoms with Gasteiger partial charge in [0, 0.05) is 19.1 Å². The van der Waals surface area contributed by atoms with E-state index in [0.717, 1.165) is 25.6 Å². The molecule has 3 nitrogen and oxygen atoms in total. The van der Waals surface area contributed by atoms with Crippen molar-refractivity contribution in [2.75, 3.05) is 19.6 Å². The van der Waals surface area contributed by atoms with Gasteiger partial charge in [-0.05, 0) is 6.92 Å². The van der Waals surface area contributed by atoms with Gasteiger partial charge in [-0.25, -0.2) is 0 Å². The lowest BCUT2D eigenvalue weighted by atomic mass is 10.4. The van der Waals surface area contributed by atoms with Crippen molar-refractivity contribution in [2.45, 2.75) is 13.0 Å². The zero-order chi connectivity index (χ0) is 6.27. The Morgan fingerprint density at radius 3 is 3.44 bits per heavy atom. The van der Waals surface area contributed by atoms with Gasteiger partial charge in [0.25, 0.3) is 0 Å². The first-order chi connectivity index (χ1) is 4.36. The topological polar surface area (TPSA) is 27.6 Å². The van der Waals surface area contributed by atoms with Crippen molar-refractivity contribution in [3.05, 3.63) is 0 Å². The molecule has 0 radical (unpaired) electrons. The lowest BCUT2D eigenvalue weighted by Gasteiger charge is -2.07. The molecule has 50 valence electrons. The Morgan fingerprint density at radius 1 is 1.78 bits per heavy atom. The highest BCUT2D eigenvalue weighted by Gasteiger charge is 2.25. The smallest absolute Gasteiger partial charge is 0.194 e. The van der Waals surface area contributed by atoms with Gasteiger partial charge in [-0.3, -0.25) is 4.99 Å². The van der Waals surface area contributed by atoms with Gasteiger partial charge in [-0.2, -0.15) is 0 Å². The van der Waals surface area contributed by atoms with Crippen molar-refractivity contribution < 1.29 is 0 Å². The van der Waals surface area contributed by atoms with Crippen molar-refractivity contribution in [1.29, 1.82) is 0 Å². The molecule has 2 rings (SSSR count). The third-order valence-electron chi connectivity index (χ3n) is 1.80. The number of nitrogens with one attached hydrogen (secondary N) is 1. The Morgan fingerprint density at radius 2 is 2.67 bits per heavy atom. The lowest BCUT2D eigenvalue weighted by Crippen LogP contribution is -2.26. The average molecular weight is 125 g/mol. The Hall–Kier alpha value is -0.730. The first kappa shape index (κ1) is 5.09. The highest BCUT2D eigenvalue weighted by Crippen LogP contribution is 2.07. The fourth-order valence-corrected chi connectivity index (χ4v) is 1.39. The van der Waals surface area contributed by atoms with Gasteiger partial charge in [-0.15, -0.1) is 0 Å². The van der Waals surface area contributed by atoms with Gasteiger partial charge in [0.1, 0.15) is 0 Å². The van der Waals surface area contributed by atoms with Crippen LogP contribution in [0.25, 0.3) is 0 Å². The second kappa shape index (κ2) is 1.62. The van der Waals surface area contributed by atoms with E-state index < -0.39 is 0 Å². The minimum Gasteiger partial charge on any atom is -0.352 e. The lowest BCUT2D eigenvalue weighted by molar-refractivity contribution is 0.471. The number of nitrogens with zero attached hydrogens (tertiary/aromatic N) is 2. The van der Waals surface area contributed by atoms with Gasteiger partial charge in [-0.1, -0.05) is 0 Å². The Kier molecular flexibility index (Phi) is 0.917. The molecule has 1 N–H and O–H groups in total. The summed E-state index contributed by atoms with van der Waals surface area (Å²) < 4.78 is 0. The Labute approximate surface area is 54.8 Å². The van der Waals surface area contributed by atoms with Crippen LogP contribution >= 0.6 is 0 Å². The van der Waals surface area contributed by atoms with Crippen LogP contribution in [-0.2, 0) is 0 Å². The summed E-state index contributed by atoms with van der Waals surface area (Å²) in [6.45, 7) is 5.42. The van der Waals surface area contributed by atoms with Crippen molar-refractivity contribution in [3.63, 3.8) is 0 Å². The van der Waals surface area contributed by atoms with Gasteiger partial charge in [0.15, 0.2) is 5.96 Å². The number of hydrogen-bond donors (Lipinski definition) is 1. The van der Waals surface area contributed by atoms with Crippen LogP contribution in [0.1, 0.15) is 6.92 Å². The van der Waals surface area contributed by atoms with Gasteiger partial charge >= 0.3 is 0 Å². The summed E-state index contributed by atoms with van der Waals surface area (Å²) in [6, 6.07) is 0.601. The first-order valence-electron chi connectivity index (χ1n) is 3.42. The molecule has 9 heavy (non-hydrogen) atoms. The first-order valence-corrected chi connectivity index (χ1v) is 3.42. The predicted molar refractivity (Wildman–Crippen MR) is 36.5 cm³/mol. The average Bonchev–Trinajstić information content (AvgIpc) is 2.22. The number of guanidine groups is 1. The highest BCUT2D eigenvalue weighted by atomic mass is 15.4. The van der Waals surface area contributed by atoms with Gasteiger partial charge in [0.2, 0.25) is 0 Å². The van der Waals surface area contributed by atoms with Crippen LogP contribution in [0.2, 0.25) is 0 Å². The second-order valence-electron chi connectivity index (χ2n) is 2.70. The highest BCUT2D eigenvalue weighted by molar-refractivity contribution is 5.83. The van der Waals surface area contributed by atoms with Crippen LogP contribution < -0.4 is 5.32 Å². The molecular weight excluding hydrogens is 114 g/mol. The largest absolute Gasteiger partial charge is 0.352 e. The second-order valence-corrected chi connectivity index (χ2v) is 2.70. The van der Waals surface area contributed by atoms with Crippen LogP contribution in [0.4, 0.5) is 0 Å². The third kappa shape index (κ3) is 0.677. The number of fused-ring (bicyclic) bond motifs is 1. The number of aliphatic imine (C=N–C) groups is 1. The summed E-state index contributed by atoms with van der Waals surface area (Å²) in [6.07, 6.45) is 0. The SMILES string of the molecule is CC1CN2CCN=C2N1. The van der Waals surface area contributed by atoms with Crippen LogP contribution in [0.5, 0.6) is 0 Å². The van der Waals surface area contributed by atoms with Crippen LogP contribution in [0, 0.1) is 0 Å². The van der Waals surface area contributed by atoms with Crippen molar-refractivity contribution in [1.82, 2.24) is 10.2 Å². The number of rotatable bonds is 0. The summed E-state index contributed by atoms with van der Waals surface area (Å²) >= 11 is 0. The van der Waals surface area contributed by atoms with E-state index in [9.17, 15) is 0 Å². The summed E-state index contributed by atoms with van der Waals surface area (Å²) in [4.78, 5) is 6.58.